The highest BCUT2D eigenvalue weighted by Gasteiger charge is 2.16. The first kappa shape index (κ1) is 13.1. The average molecular weight is 248 g/mol. The van der Waals surface area contributed by atoms with E-state index in [4.69, 9.17) is 0 Å². The second-order valence-corrected chi connectivity index (χ2v) is 5.08. The molecule has 0 spiro atoms. The van der Waals surface area contributed by atoms with E-state index in [1.54, 1.807) is 0 Å². The molecule has 1 aromatic heterocycles. The van der Waals surface area contributed by atoms with Crippen molar-refractivity contribution >= 4 is 11.5 Å². The SMILES string of the molecule is CCCNc1cc(NC2CCN(C)CC2)ccn1. The zero-order valence-electron chi connectivity index (χ0n) is 11.4. The molecule has 0 amide bonds. The van der Waals surface area contributed by atoms with Gasteiger partial charge in [-0.05, 0) is 45.5 Å². The summed E-state index contributed by atoms with van der Waals surface area (Å²) in [5.74, 6) is 0.967. The summed E-state index contributed by atoms with van der Waals surface area (Å²) in [6.07, 6.45) is 5.43. The molecule has 2 heterocycles. The van der Waals surface area contributed by atoms with Crippen molar-refractivity contribution in [3.8, 4) is 0 Å². The van der Waals surface area contributed by atoms with E-state index in [9.17, 15) is 0 Å². The summed E-state index contributed by atoms with van der Waals surface area (Å²) in [6, 6.07) is 4.76. The van der Waals surface area contributed by atoms with Gasteiger partial charge in [-0.1, -0.05) is 6.92 Å². The summed E-state index contributed by atoms with van der Waals surface area (Å²) < 4.78 is 0. The average Bonchev–Trinajstić information content (AvgIpc) is 2.40. The summed E-state index contributed by atoms with van der Waals surface area (Å²) >= 11 is 0. The van der Waals surface area contributed by atoms with Crippen molar-refractivity contribution < 1.29 is 0 Å². The molecule has 2 rings (SSSR count). The van der Waals surface area contributed by atoms with Crippen LogP contribution in [0.5, 0.6) is 0 Å². The summed E-state index contributed by atoms with van der Waals surface area (Å²) in [5.41, 5.74) is 1.18. The van der Waals surface area contributed by atoms with Gasteiger partial charge in [0.1, 0.15) is 5.82 Å². The Morgan fingerprint density at radius 2 is 2.17 bits per heavy atom. The fourth-order valence-electron chi connectivity index (χ4n) is 2.26. The van der Waals surface area contributed by atoms with E-state index in [2.05, 4.69) is 46.6 Å². The third-order valence-corrected chi connectivity index (χ3v) is 3.41. The molecule has 1 aliphatic rings. The zero-order valence-corrected chi connectivity index (χ0v) is 11.4. The smallest absolute Gasteiger partial charge is 0.127 e. The van der Waals surface area contributed by atoms with Gasteiger partial charge in [-0.3, -0.25) is 0 Å². The molecule has 2 N–H and O–H groups in total. The fraction of sp³-hybridized carbons (Fsp3) is 0.643. The Labute approximate surface area is 110 Å². The lowest BCUT2D eigenvalue weighted by Gasteiger charge is -2.30. The van der Waals surface area contributed by atoms with Gasteiger partial charge in [0.2, 0.25) is 0 Å². The molecular weight excluding hydrogens is 224 g/mol. The maximum atomic E-state index is 4.32. The second kappa shape index (κ2) is 6.59. The maximum absolute atomic E-state index is 4.32. The molecule has 1 aliphatic heterocycles. The minimum atomic E-state index is 0.600. The number of anilines is 2. The van der Waals surface area contributed by atoms with E-state index in [0.29, 0.717) is 6.04 Å². The van der Waals surface area contributed by atoms with Gasteiger partial charge in [-0.2, -0.15) is 0 Å². The van der Waals surface area contributed by atoms with E-state index < -0.39 is 0 Å². The molecule has 1 saturated heterocycles. The van der Waals surface area contributed by atoms with Crippen LogP contribution in [0.25, 0.3) is 0 Å². The number of likely N-dealkylation sites (tertiary alicyclic amines) is 1. The third kappa shape index (κ3) is 3.88. The second-order valence-electron chi connectivity index (χ2n) is 5.08. The van der Waals surface area contributed by atoms with Crippen LogP contribution >= 0.6 is 0 Å². The van der Waals surface area contributed by atoms with Gasteiger partial charge in [-0.15, -0.1) is 0 Å². The molecule has 1 aromatic rings. The van der Waals surface area contributed by atoms with E-state index >= 15 is 0 Å². The summed E-state index contributed by atoms with van der Waals surface area (Å²) in [5, 5.41) is 6.93. The van der Waals surface area contributed by atoms with E-state index in [1.165, 1.54) is 31.6 Å². The van der Waals surface area contributed by atoms with Gasteiger partial charge in [0.15, 0.2) is 0 Å². The van der Waals surface area contributed by atoms with Crippen LogP contribution in [0, 0.1) is 0 Å². The van der Waals surface area contributed by atoms with Crippen LogP contribution in [0.15, 0.2) is 18.3 Å². The first-order valence-corrected chi connectivity index (χ1v) is 6.93. The molecule has 100 valence electrons. The van der Waals surface area contributed by atoms with Crippen LogP contribution in [-0.4, -0.2) is 42.6 Å². The fourth-order valence-corrected chi connectivity index (χ4v) is 2.26. The van der Waals surface area contributed by atoms with E-state index in [0.717, 1.165) is 18.8 Å². The summed E-state index contributed by atoms with van der Waals surface area (Å²) in [4.78, 5) is 6.71. The number of piperidine rings is 1. The van der Waals surface area contributed by atoms with Crippen molar-refractivity contribution in [2.24, 2.45) is 0 Å². The highest BCUT2D eigenvalue weighted by atomic mass is 15.1. The largest absolute Gasteiger partial charge is 0.382 e. The Kier molecular flexibility index (Phi) is 4.81. The highest BCUT2D eigenvalue weighted by Crippen LogP contribution is 2.17. The molecule has 18 heavy (non-hydrogen) atoms. The Bertz CT molecular complexity index is 359. The number of pyridine rings is 1. The van der Waals surface area contributed by atoms with Crippen LogP contribution in [-0.2, 0) is 0 Å². The number of hydrogen-bond donors (Lipinski definition) is 2. The first-order chi connectivity index (χ1) is 8.78. The summed E-state index contributed by atoms with van der Waals surface area (Å²) in [7, 11) is 2.19. The van der Waals surface area contributed by atoms with Gasteiger partial charge in [0.05, 0.1) is 0 Å². The van der Waals surface area contributed by atoms with Crippen molar-refractivity contribution in [3.05, 3.63) is 18.3 Å². The number of hydrogen-bond acceptors (Lipinski definition) is 4. The molecule has 4 heteroatoms. The van der Waals surface area contributed by atoms with E-state index in [-0.39, 0.29) is 0 Å². The van der Waals surface area contributed by atoms with Crippen LogP contribution in [0.1, 0.15) is 26.2 Å². The van der Waals surface area contributed by atoms with Crippen LogP contribution in [0.2, 0.25) is 0 Å². The standard InChI is InChI=1S/C14H24N4/c1-3-7-15-14-11-13(4-8-16-14)17-12-5-9-18(2)10-6-12/h4,8,11-12H,3,5-7,9-10H2,1-2H3,(H2,15,16,17). The molecule has 0 aromatic carbocycles. The number of rotatable bonds is 5. The maximum Gasteiger partial charge on any atom is 0.127 e. The zero-order chi connectivity index (χ0) is 12.8. The van der Waals surface area contributed by atoms with Crippen LogP contribution in [0.3, 0.4) is 0 Å². The normalized spacial score (nSPS) is 17.7. The molecule has 0 aliphatic carbocycles. The predicted octanol–water partition coefficient (Wildman–Crippen LogP) is 2.41. The molecule has 0 radical (unpaired) electrons. The van der Waals surface area contributed by atoms with Gasteiger partial charge >= 0.3 is 0 Å². The Hall–Kier alpha value is -1.29. The molecular formula is C14H24N4. The lowest BCUT2D eigenvalue weighted by molar-refractivity contribution is 0.264. The number of nitrogens with zero attached hydrogens (tertiary/aromatic N) is 2. The van der Waals surface area contributed by atoms with Crippen molar-refractivity contribution in [1.29, 1.82) is 0 Å². The topological polar surface area (TPSA) is 40.2 Å². The molecule has 0 unspecified atom stereocenters. The number of nitrogens with one attached hydrogen (secondary N) is 2. The number of aromatic nitrogens is 1. The van der Waals surface area contributed by atoms with Crippen molar-refractivity contribution in [2.45, 2.75) is 32.2 Å². The lowest BCUT2D eigenvalue weighted by atomic mass is 10.1. The lowest BCUT2D eigenvalue weighted by Crippen LogP contribution is -2.36. The highest BCUT2D eigenvalue weighted by molar-refractivity contribution is 5.52. The molecule has 1 fully saturated rings. The van der Waals surface area contributed by atoms with Crippen molar-refractivity contribution in [2.75, 3.05) is 37.3 Å². The van der Waals surface area contributed by atoms with Gasteiger partial charge in [0.25, 0.3) is 0 Å². The first-order valence-electron chi connectivity index (χ1n) is 6.93. The van der Waals surface area contributed by atoms with Crippen molar-refractivity contribution in [1.82, 2.24) is 9.88 Å². The molecule has 0 bridgehead atoms. The van der Waals surface area contributed by atoms with Crippen molar-refractivity contribution in [3.63, 3.8) is 0 Å². The minimum absolute atomic E-state index is 0.600. The molecule has 0 atom stereocenters. The summed E-state index contributed by atoms with van der Waals surface area (Å²) in [6.45, 7) is 5.51. The quantitative estimate of drug-likeness (QED) is 0.839. The van der Waals surface area contributed by atoms with Crippen LogP contribution in [0.4, 0.5) is 11.5 Å². The molecule has 4 nitrogen and oxygen atoms in total. The van der Waals surface area contributed by atoms with Crippen LogP contribution < -0.4 is 10.6 Å². The molecule has 0 saturated carbocycles. The van der Waals surface area contributed by atoms with Gasteiger partial charge in [0, 0.05) is 30.5 Å². The predicted molar refractivity (Wildman–Crippen MR) is 77.2 cm³/mol. The van der Waals surface area contributed by atoms with Gasteiger partial charge < -0.3 is 15.5 Å². The van der Waals surface area contributed by atoms with Gasteiger partial charge in [-0.25, -0.2) is 4.98 Å². The Morgan fingerprint density at radius 1 is 1.39 bits per heavy atom. The minimum Gasteiger partial charge on any atom is -0.382 e. The third-order valence-electron chi connectivity index (χ3n) is 3.41. The Morgan fingerprint density at radius 3 is 2.89 bits per heavy atom. The van der Waals surface area contributed by atoms with E-state index in [1.807, 2.05) is 6.20 Å². The monoisotopic (exact) mass is 248 g/mol. The Balaban J connectivity index is 1.88.